The maximum absolute atomic E-state index is 12.2. The number of alkyl carbamates (subject to hydrolysis) is 1. The Morgan fingerprint density at radius 2 is 2.00 bits per heavy atom. The zero-order chi connectivity index (χ0) is 21.7. The number of anilines is 1. The van der Waals surface area contributed by atoms with Gasteiger partial charge in [-0.3, -0.25) is 9.59 Å². The number of nitrogens with one attached hydrogen (secondary N) is 3. The van der Waals surface area contributed by atoms with E-state index >= 15 is 0 Å². The summed E-state index contributed by atoms with van der Waals surface area (Å²) in [6.45, 7) is 1.57. The number of rotatable bonds is 5. The molecule has 2 fully saturated rings. The van der Waals surface area contributed by atoms with Gasteiger partial charge in [0.15, 0.2) is 0 Å². The lowest BCUT2D eigenvalue weighted by atomic mass is 10.1. The number of aromatic amines is 1. The molecule has 4 N–H and O–H groups in total. The lowest BCUT2D eigenvalue weighted by Gasteiger charge is -2.32. The Bertz CT molecular complexity index is 855. The molecule has 3 heterocycles. The molecule has 0 bridgehead atoms. The zero-order valence-corrected chi connectivity index (χ0v) is 16.9. The van der Waals surface area contributed by atoms with Crippen LogP contribution in [0.5, 0.6) is 0 Å². The van der Waals surface area contributed by atoms with Gasteiger partial charge in [-0.2, -0.15) is 5.10 Å². The standard InChI is InChI=1S/C17H23ClN6O6/c18-14-12(7-20-22-15(14)26)24-6-3-11(9-24)30-17(29)21-10-1-4-23(5-2-10)13(25)8-19-16(27)28/h7,10-11,19H,1-6,8-9H2,(H,21,29)(H,22,26)(H,27,28). The number of ether oxygens (including phenoxy) is 1. The van der Waals surface area contributed by atoms with Crippen molar-refractivity contribution in [1.82, 2.24) is 25.7 Å². The third-order valence-corrected chi connectivity index (χ3v) is 5.46. The fourth-order valence-corrected chi connectivity index (χ4v) is 3.74. The van der Waals surface area contributed by atoms with Gasteiger partial charge in [0.25, 0.3) is 5.56 Å². The summed E-state index contributed by atoms with van der Waals surface area (Å²) in [6, 6.07) is -0.127. The van der Waals surface area contributed by atoms with Crippen LogP contribution in [0.4, 0.5) is 15.3 Å². The normalized spacial score (nSPS) is 19.4. The highest BCUT2D eigenvalue weighted by Crippen LogP contribution is 2.25. The summed E-state index contributed by atoms with van der Waals surface area (Å²) >= 11 is 6.02. The Balaban J connectivity index is 1.40. The molecule has 3 rings (SSSR count). The van der Waals surface area contributed by atoms with Crippen molar-refractivity contribution < 1.29 is 24.2 Å². The second kappa shape index (κ2) is 9.65. The van der Waals surface area contributed by atoms with E-state index in [4.69, 9.17) is 21.4 Å². The highest BCUT2D eigenvalue weighted by molar-refractivity contribution is 6.33. The predicted molar refractivity (Wildman–Crippen MR) is 106 cm³/mol. The van der Waals surface area contributed by atoms with E-state index in [1.807, 2.05) is 10.2 Å². The molecule has 1 unspecified atom stereocenters. The molecule has 164 valence electrons. The molecule has 2 aliphatic rings. The molecule has 3 amide bonds. The van der Waals surface area contributed by atoms with E-state index in [1.165, 1.54) is 6.20 Å². The average molecular weight is 443 g/mol. The summed E-state index contributed by atoms with van der Waals surface area (Å²) in [6.07, 6.45) is 1.05. The van der Waals surface area contributed by atoms with Crippen molar-refractivity contribution in [2.75, 3.05) is 37.6 Å². The highest BCUT2D eigenvalue weighted by Gasteiger charge is 2.29. The lowest BCUT2D eigenvalue weighted by molar-refractivity contribution is -0.131. The Morgan fingerprint density at radius 1 is 1.27 bits per heavy atom. The number of amides is 3. The topological polar surface area (TPSA) is 157 Å². The predicted octanol–water partition coefficient (Wildman–Crippen LogP) is -0.0132. The maximum atomic E-state index is 12.2. The molecule has 0 saturated carbocycles. The molecule has 0 radical (unpaired) electrons. The van der Waals surface area contributed by atoms with E-state index in [2.05, 4.69) is 15.5 Å². The molecule has 2 aliphatic heterocycles. The van der Waals surface area contributed by atoms with E-state index in [0.29, 0.717) is 51.1 Å². The van der Waals surface area contributed by atoms with E-state index in [1.54, 1.807) is 4.90 Å². The molecule has 0 spiro atoms. The number of carbonyl (C=O) groups excluding carboxylic acids is 2. The minimum absolute atomic E-state index is 0.0509. The van der Waals surface area contributed by atoms with Crippen molar-refractivity contribution in [3.05, 3.63) is 21.6 Å². The van der Waals surface area contributed by atoms with E-state index in [0.717, 1.165) is 0 Å². The second-order valence-electron chi connectivity index (χ2n) is 7.12. The molecule has 2 saturated heterocycles. The van der Waals surface area contributed by atoms with Crippen LogP contribution in [0.2, 0.25) is 5.02 Å². The van der Waals surface area contributed by atoms with Crippen LogP contribution in [0.25, 0.3) is 0 Å². The van der Waals surface area contributed by atoms with Gasteiger partial charge >= 0.3 is 12.2 Å². The highest BCUT2D eigenvalue weighted by atomic mass is 35.5. The van der Waals surface area contributed by atoms with Crippen LogP contribution in [-0.4, -0.2) is 83.2 Å². The number of carbonyl (C=O) groups is 3. The first-order valence-electron chi connectivity index (χ1n) is 9.53. The first-order chi connectivity index (χ1) is 14.3. The van der Waals surface area contributed by atoms with Crippen molar-refractivity contribution in [1.29, 1.82) is 0 Å². The minimum atomic E-state index is -1.24. The van der Waals surface area contributed by atoms with E-state index in [9.17, 15) is 19.2 Å². The smallest absolute Gasteiger partial charge is 0.407 e. The summed E-state index contributed by atoms with van der Waals surface area (Å²) in [5.41, 5.74) is 0.0289. The SMILES string of the molecule is O=C(O)NCC(=O)N1CCC(NC(=O)OC2CCN(c3cn[nH]c(=O)c3Cl)C2)CC1. The lowest BCUT2D eigenvalue weighted by Crippen LogP contribution is -2.49. The van der Waals surface area contributed by atoms with Crippen LogP contribution in [0, 0.1) is 0 Å². The first-order valence-corrected chi connectivity index (χ1v) is 9.91. The van der Waals surface area contributed by atoms with E-state index in [-0.39, 0.29) is 29.6 Å². The number of aromatic nitrogens is 2. The van der Waals surface area contributed by atoms with Crippen molar-refractivity contribution in [2.45, 2.75) is 31.4 Å². The fourth-order valence-electron chi connectivity index (χ4n) is 3.53. The Labute approximate surface area is 176 Å². The number of H-pyrrole nitrogens is 1. The van der Waals surface area contributed by atoms with Crippen LogP contribution in [0.1, 0.15) is 19.3 Å². The molecule has 13 heteroatoms. The molecule has 30 heavy (non-hydrogen) atoms. The Hall–Kier alpha value is -3.02. The Morgan fingerprint density at radius 3 is 2.70 bits per heavy atom. The van der Waals surface area contributed by atoms with Crippen LogP contribution in [0.3, 0.4) is 0 Å². The second-order valence-corrected chi connectivity index (χ2v) is 7.50. The minimum Gasteiger partial charge on any atom is -0.465 e. The number of piperidine rings is 1. The van der Waals surface area contributed by atoms with Gasteiger partial charge in [-0.1, -0.05) is 11.6 Å². The average Bonchev–Trinajstić information content (AvgIpc) is 3.16. The van der Waals surface area contributed by atoms with Crippen molar-refractivity contribution >= 4 is 35.4 Å². The third-order valence-electron chi connectivity index (χ3n) is 5.10. The fraction of sp³-hybridized carbons (Fsp3) is 0.588. The van der Waals surface area contributed by atoms with Crippen LogP contribution < -0.4 is 21.1 Å². The maximum Gasteiger partial charge on any atom is 0.407 e. The molecule has 12 nitrogen and oxygen atoms in total. The number of hydrogen-bond donors (Lipinski definition) is 4. The number of nitrogens with zero attached hydrogens (tertiary/aromatic N) is 3. The third kappa shape index (κ3) is 5.53. The van der Waals surface area contributed by atoms with Gasteiger partial charge in [0.05, 0.1) is 18.4 Å². The van der Waals surface area contributed by atoms with Gasteiger partial charge in [0.2, 0.25) is 5.91 Å². The van der Waals surface area contributed by atoms with Crippen molar-refractivity contribution in [3.63, 3.8) is 0 Å². The molecule has 1 atom stereocenters. The number of carboxylic acid groups (broad SMARTS) is 1. The molecule has 0 aliphatic carbocycles. The molecule has 1 aromatic rings. The summed E-state index contributed by atoms with van der Waals surface area (Å²) in [5.74, 6) is -0.294. The molecular formula is C17H23ClN6O6. The summed E-state index contributed by atoms with van der Waals surface area (Å²) in [4.78, 5) is 49.6. The van der Waals surface area contributed by atoms with Gasteiger partial charge in [-0.15, -0.1) is 0 Å². The largest absolute Gasteiger partial charge is 0.465 e. The molecule has 1 aromatic heterocycles. The van der Waals surface area contributed by atoms with Crippen LogP contribution >= 0.6 is 11.6 Å². The van der Waals surface area contributed by atoms with Crippen LogP contribution in [0.15, 0.2) is 11.0 Å². The summed E-state index contributed by atoms with van der Waals surface area (Å²) in [5, 5.41) is 19.5. The monoisotopic (exact) mass is 442 g/mol. The van der Waals surface area contributed by atoms with Gasteiger partial charge in [-0.25, -0.2) is 14.7 Å². The van der Waals surface area contributed by atoms with Crippen molar-refractivity contribution in [3.8, 4) is 0 Å². The summed E-state index contributed by atoms with van der Waals surface area (Å²) < 4.78 is 5.48. The van der Waals surface area contributed by atoms with Gasteiger partial charge in [-0.05, 0) is 12.8 Å². The van der Waals surface area contributed by atoms with E-state index < -0.39 is 17.7 Å². The number of likely N-dealkylation sites (tertiary alicyclic amines) is 1. The molecular weight excluding hydrogens is 420 g/mol. The van der Waals surface area contributed by atoms with Gasteiger partial charge < -0.3 is 30.3 Å². The van der Waals surface area contributed by atoms with Gasteiger partial charge in [0, 0.05) is 32.1 Å². The Kier molecular flexibility index (Phi) is 6.98. The van der Waals surface area contributed by atoms with Crippen LogP contribution in [-0.2, 0) is 9.53 Å². The number of halogens is 1. The number of hydrogen-bond acceptors (Lipinski definition) is 7. The first kappa shape index (κ1) is 21.7. The summed E-state index contributed by atoms with van der Waals surface area (Å²) in [7, 11) is 0. The molecule has 0 aromatic carbocycles. The quantitative estimate of drug-likeness (QED) is 0.495. The zero-order valence-electron chi connectivity index (χ0n) is 16.1. The van der Waals surface area contributed by atoms with Gasteiger partial charge in [0.1, 0.15) is 17.7 Å². The van der Waals surface area contributed by atoms with Crippen molar-refractivity contribution in [2.24, 2.45) is 0 Å².